The Morgan fingerprint density at radius 1 is 0.887 bits per heavy atom. The van der Waals surface area contributed by atoms with E-state index in [1.807, 2.05) is 40.9 Å². The highest BCUT2D eigenvalue weighted by atomic mass is 19.1. The number of hydrogen-bond acceptors (Lipinski definition) is 9. The molecule has 5 heterocycles. The van der Waals surface area contributed by atoms with Crippen molar-refractivity contribution in [1.82, 2.24) is 29.6 Å². The number of halogens is 2. The Kier molecular flexibility index (Phi) is 9.66. The molecule has 3 aromatic carbocycles. The van der Waals surface area contributed by atoms with Crippen molar-refractivity contribution < 1.29 is 18.3 Å². The van der Waals surface area contributed by atoms with Gasteiger partial charge < -0.3 is 25.6 Å². The number of carbonyl (C=O) groups is 1. The largest absolute Gasteiger partial charge is 0.494 e. The number of para-hydroxylation sites is 1. The van der Waals surface area contributed by atoms with Crippen LogP contribution in [-0.4, -0.2) is 82.6 Å². The number of nitrogens with zero attached hydrogens (tertiary/aromatic N) is 6. The molecule has 0 spiro atoms. The topological polar surface area (TPSA) is 112 Å². The average Bonchev–Trinajstić information content (AvgIpc) is 3.60. The lowest BCUT2D eigenvalue weighted by molar-refractivity contribution is 0.102. The number of piperazine rings is 1. The third-order valence-corrected chi connectivity index (χ3v) is 9.96. The molecule has 0 unspecified atom stereocenters. The second kappa shape index (κ2) is 15.0. The summed E-state index contributed by atoms with van der Waals surface area (Å²) in [6.45, 7) is 6.36. The Balaban J connectivity index is 1.05. The molecule has 6 aromatic rings. The molecule has 13 heteroatoms. The van der Waals surface area contributed by atoms with Crippen LogP contribution in [0.25, 0.3) is 28.3 Å². The fourth-order valence-electron chi connectivity index (χ4n) is 7.24. The van der Waals surface area contributed by atoms with Gasteiger partial charge in [0.2, 0.25) is 5.95 Å². The zero-order valence-corrected chi connectivity index (χ0v) is 29.2. The minimum absolute atomic E-state index is 0.206. The summed E-state index contributed by atoms with van der Waals surface area (Å²) < 4.78 is 36.4. The number of imidazole rings is 1. The van der Waals surface area contributed by atoms with Crippen molar-refractivity contribution >= 4 is 34.6 Å². The third kappa shape index (κ3) is 7.13. The quantitative estimate of drug-likeness (QED) is 0.152. The fraction of sp³-hybridized carbons (Fsp3) is 0.250. The molecule has 3 N–H and O–H groups in total. The molecule has 2 aliphatic heterocycles. The van der Waals surface area contributed by atoms with Crippen LogP contribution in [-0.2, 0) is 0 Å². The minimum Gasteiger partial charge on any atom is -0.494 e. The number of pyridine rings is 1. The van der Waals surface area contributed by atoms with Crippen molar-refractivity contribution in [3.63, 3.8) is 0 Å². The van der Waals surface area contributed by atoms with Crippen LogP contribution in [0.1, 0.15) is 23.2 Å². The van der Waals surface area contributed by atoms with Gasteiger partial charge in [-0.05, 0) is 67.4 Å². The van der Waals surface area contributed by atoms with Crippen LogP contribution in [0, 0.1) is 11.6 Å². The molecule has 2 fully saturated rings. The van der Waals surface area contributed by atoms with E-state index in [9.17, 15) is 13.6 Å². The highest BCUT2D eigenvalue weighted by Crippen LogP contribution is 2.35. The first-order valence-corrected chi connectivity index (χ1v) is 17.8. The number of amides is 1. The van der Waals surface area contributed by atoms with Gasteiger partial charge >= 0.3 is 0 Å². The minimum atomic E-state index is -0.861. The standard InChI is InChI=1S/C40H39F2N9O2/c1-53-34-25-29(49-20-14-28(15-21-49)50-22-17-43-18-23-50)11-12-32(34)45-40-44-16-13-33(46-40)38-36(47-35-10-2-3-19-51(35)38)26-6-4-7-27(24-26)39(52)48-37-30(41)8-5-9-31(37)42/h2-13,16,19,24-25,28,43H,14-15,17-18,20-23H2,1H3,(H,48,52)(H,44,45,46). The van der Waals surface area contributed by atoms with Gasteiger partial charge in [0, 0.05) is 80.6 Å². The van der Waals surface area contributed by atoms with E-state index in [0.29, 0.717) is 46.0 Å². The number of methoxy groups -OCH3 is 1. The second-order valence-corrected chi connectivity index (χ2v) is 13.1. The molecule has 1 amide bonds. The molecular formula is C40H39F2N9O2. The Labute approximate surface area is 305 Å². The maximum absolute atomic E-state index is 14.3. The molecular weight excluding hydrogens is 676 g/mol. The number of hydrogen-bond donors (Lipinski definition) is 3. The fourth-order valence-corrected chi connectivity index (χ4v) is 7.24. The molecule has 11 nitrogen and oxygen atoms in total. The van der Waals surface area contributed by atoms with Crippen molar-refractivity contribution in [2.75, 3.05) is 61.9 Å². The summed E-state index contributed by atoms with van der Waals surface area (Å²) in [5.74, 6) is -1.33. The summed E-state index contributed by atoms with van der Waals surface area (Å²) in [4.78, 5) is 32.5. The van der Waals surface area contributed by atoms with E-state index in [1.165, 1.54) is 6.07 Å². The van der Waals surface area contributed by atoms with E-state index in [-0.39, 0.29) is 5.56 Å². The van der Waals surface area contributed by atoms with Gasteiger partial charge in [-0.25, -0.2) is 23.7 Å². The molecule has 2 aliphatic rings. The molecule has 0 radical (unpaired) electrons. The number of ether oxygens (including phenoxy) is 1. The van der Waals surface area contributed by atoms with Gasteiger partial charge in [0.15, 0.2) is 0 Å². The van der Waals surface area contributed by atoms with Gasteiger partial charge in [0.25, 0.3) is 5.91 Å². The van der Waals surface area contributed by atoms with Crippen molar-refractivity contribution in [3.8, 4) is 28.4 Å². The summed E-state index contributed by atoms with van der Waals surface area (Å²) in [6, 6.07) is 24.4. The summed E-state index contributed by atoms with van der Waals surface area (Å²) >= 11 is 0. The number of benzene rings is 3. The molecule has 3 aromatic heterocycles. The number of aromatic nitrogens is 4. The normalized spacial score (nSPS) is 15.4. The van der Waals surface area contributed by atoms with Gasteiger partial charge in [0.05, 0.1) is 29.9 Å². The monoisotopic (exact) mass is 715 g/mol. The first-order valence-electron chi connectivity index (χ1n) is 17.8. The highest BCUT2D eigenvalue weighted by Gasteiger charge is 2.26. The average molecular weight is 716 g/mol. The highest BCUT2D eigenvalue weighted by molar-refractivity contribution is 6.05. The molecule has 0 aliphatic carbocycles. The first-order chi connectivity index (χ1) is 25.9. The van der Waals surface area contributed by atoms with Crippen LogP contribution in [0.4, 0.5) is 31.8 Å². The van der Waals surface area contributed by atoms with Gasteiger partial charge in [-0.15, -0.1) is 0 Å². The van der Waals surface area contributed by atoms with E-state index in [2.05, 4.69) is 42.9 Å². The third-order valence-electron chi connectivity index (χ3n) is 9.96. The number of anilines is 4. The van der Waals surface area contributed by atoms with Gasteiger partial charge in [-0.3, -0.25) is 14.1 Å². The molecule has 2 saturated heterocycles. The van der Waals surface area contributed by atoms with Crippen LogP contribution < -0.4 is 25.6 Å². The van der Waals surface area contributed by atoms with Crippen molar-refractivity contribution in [3.05, 3.63) is 115 Å². The Bertz CT molecular complexity index is 2250. The van der Waals surface area contributed by atoms with Crippen molar-refractivity contribution in [2.45, 2.75) is 18.9 Å². The van der Waals surface area contributed by atoms with E-state index in [1.54, 1.807) is 37.6 Å². The smallest absolute Gasteiger partial charge is 0.255 e. The van der Waals surface area contributed by atoms with E-state index in [4.69, 9.17) is 14.7 Å². The Morgan fingerprint density at radius 3 is 2.47 bits per heavy atom. The van der Waals surface area contributed by atoms with Crippen LogP contribution in [0.15, 0.2) is 97.3 Å². The van der Waals surface area contributed by atoms with Gasteiger partial charge in [-0.2, -0.15) is 0 Å². The SMILES string of the molecule is COc1cc(N2CCC(N3CCNCC3)CC2)ccc1Nc1nccc(-c2c(-c3cccc(C(=O)Nc4c(F)cccc4F)c3)nc3ccccn23)n1. The van der Waals surface area contributed by atoms with Gasteiger partial charge in [0.1, 0.15) is 28.7 Å². The summed E-state index contributed by atoms with van der Waals surface area (Å²) in [6.07, 6.45) is 5.84. The lowest BCUT2D eigenvalue weighted by Gasteiger charge is -2.41. The lowest BCUT2D eigenvalue weighted by Crippen LogP contribution is -2.52. The molecule has 0 bridgehead atoms. The maximum Gasteiger partial charge on any atom is 0.255 e. The summed E-state index contributed by atoms with van der Waals surface area (Å²) in [7, 11) is 1.66. The number of piperidine rings is 1. The first kappa shape index (κ1) is 34.2. The van der Waals surface area contributed by atoms with Crippen LogP contribution in [0.5, 0.6) is 5.75 Å². The summed E-state index contributed by atoms with van der Waals surface area (Å²) in [5, 5.41) is 9.16. The lowest BCUT2D eigenvalue weighted by atomic mass is 10.0. The van der Waals surface area contributed by atoms with E-state index in [0.717, 1.165) is 75.6 Å². The molecule has 0 saturated carbocycles. The molecule has 8 rings (SSSR count). The Morgan fingerprint density at radius 2 is 1.68 bits per heavy atom. The predicted octanol–water partition coefficient (Wildman–Crippen LogP) is 6.62. The number of nitrogens with one attached hydrogen (secondary N) is 3. The predicted molar refractivity (Wildman–Crippen MR) is 202 cm³/mol. The Hall–Kier alpha value is -5.92. The zero-order valence-electron chi connectivity index (χ0n) is 29.2. The van der Waals surface area contributed by atoms with Crippen LogP contribution in [0.2, 0.25) is 0 Å². The molecule has 0 atom stereocenters. The summed E-state index contributed by atoms with van der Waals surface area (Å²) in [5.41, 5.74) is 4.66. The molecule has 53 heavy (non-hydrogen) atoms. The van der Waals surface area contributed by atoms with Crippen LogP contribution in [0.3, 0.4) is 0 Å². The molecule has 270 valence electrons. The maximum atomic E-state index is 14.3. The van der Waals surface area contributed by atoms with Crippen LogP contribution >= 0.6 is 0 Å². The van der Waals surface area contributed by atoms with E-state index < -0.39 is 23.2 Å². The number of carbonyl (C=O) groups excluding carboxylic acids is 1. The number of rotatable bonds is 9. The van der Waals surface area contributed by atoms with E-state index >= 15 is 0 Å². The zero-order chi connectivity index (χ0) is 36.3. The van der Waals surface area contributed by atoms with Gasteiger partial charge in [-0.1, -0.05) is 24.3 Å². The van der Waals surface area contributed by atoms with Crippen molar-refractivity contribution in [1.29, 1.82) is 0 Å². The second-order valence-electron chi connectivity index (χ2n) is 13.1. The van der Waals surface area contributed by atoms with Crippen molar-refractivity contribution in [2.24, 2.45) is 0 Å². The number of fused-ring (bicyclic) bond motifs is 1.